The lowest BCUT2D eigenvalue weighted by atomic mass is 10.0. The van der Waals surface area contributed by atoms with E-state index in [1.165, 1.54) is 109 Å². The van der Waals surface area contributed by atoms with Gasteiger partial charge in [-0.15, -0.1) is 0 Å². The van der Waals surface area contributed by atoms with Crippen LogP contribution in [0.4, 0.5) is 0 Å². The Balaban J connectivity index is 4.80. The van der Waals surface area contributed by atoms with Crippen LogP contribution in [0.2, 0.25) is 0 Å². The molecule has 0 bridgehead atoms. The molecule has 0 rings (SSSR count). The smallest absolute Gasteiger partial charge is 0.462 e. The lowest BCUT2D eigenvalue weighted by Crippen LogP contribution is -2.30. The zero-order chi connectivity index (χ0) is 56.9. The minimum absolute atomic E-state index is 0.0402. The first kappa shape index (κ1) is 74.4. The Hall–Kier alpha value is -3.60. The number of phosphoric ester groups is 1. The van der Waals surface area contributed by atoms with E-state index in [0.29, 0.717) is 25.7 Å². The third kappa shape index (κ3) is 57.1. The Morgan fingerprint density at radius 1 is 0.372 bits per heavy atom. The average Bonchev–Trinajstić information content (AvgIpc) is 3.43. The lowest BCUT2D eigenvalue weighted by molar-refractivity contribution is -0.161. The highest BCUT2D eigenvalue weighted by Crippen LogP contribution is 2.43. The quantitative estimate of drug-likeness (QED) is 0.0197. The van der Waals surface area contributed by atoms with Gasteiger partial charge in [0.2, 0.25) is 0 Å². The van der Waals surface area contributed by atoms with E-state index < -0.39 is 57.8 Å². The van der Waals surface area contributed by atoms with Crippen molar-refractivity contribution in [2.45, 2.75) is 277 Å². The van der Waals surface area contributed by atoms with Crippen LogP contribution < -0.4 is 0 Å². The predicted molar refractivity (Wildman–Crippen MR) is 325 cm³/mol. The van der Waals surface area contributed by atoms with E-state index in [-0.39, 0.29) is 25.9 Å². The van der Waals surface area contributed by atoms with Gasteiger partial charge in [-0.05, 0) is 89.9 Å². The molecule has 0 heterocycles. The zero-order valence-corrected chi connectivity index (χ0v) is 50.5. The van der Waals surface area contributed by atoms with Crippen molar-refractivity contribution < 1.29 is 52.2 Å². The van der Waals surface area contributed by atoms with Gasteiger partial charge in [0.1, 0.15) is 12.7 Å². The Morgan fingerprint density at radius 3 is 1.13 bits per heavy atom. The van der Waals surface area contributed by atoms with Crippen molar-refractivity contribution in [3.8, 4) is 0 Å². The highest BCUT2D eigenvalue weighted by atomic mass is 31.2. The fourth-order valence-electron chi connectivity index (χ4n) is 8.30. The highest BCUT2D eigenvalue weighted by Gasteiger charge is 2.28. The summed E-state index contributed by atoms with van der Waals surface area (Å²) in [5.74, 6) is -1.57. The number of carbonyl (C=O) groups is 3. The molecule has 0 spiro atoms. The molecule has 0 aliphatic heterocycles. The summed E-state index contributed by atoms with van der Waals surface area (Å²) in [6.45, 7) is 4.44. The summed E-state index contributed by atoms with van der Waals surface area (Å²) in [5, 5.41) is 9.84. The van der Waals surface area contributed by atoms with Crippen LogP contribution in [-0.4, -0.2) is 66.5 Å². The molecule has 0 aliphatic carbocycles. The summed E-state index contributed by atoms with van der Waals surface area (Å²) >= 11 is 0. The fraction of sp³-hybridized carbons (Fsp3) is 0.712. The molecule has 0 aromatic carbocycles. The van der Waals surface area contributed by atoms with Gasteiger partial charge in [0.25, 0.3) is 0 Å². The van der Waals surface area contributed by atoms with Gasteiger partial charge in [0, 0.05) is 19.3 Å². The van der Waals surface area contributed by atoms with Crippen molar-refractivity contribution in [1.82, 2.24) is 0 Å². The summed E-state index contributed by atoms with van der Waals surface area (Å²) < 4.78 is 39.5. The molecule has 0 fully saturated rings. The summed E-state index contributed by atoms with van der Waals surface area (Å²) in [7, 11) is -4.78. The molecule has 3 unspecified atom stereocenters. The number of hydrogen-bond acceptors (Lipinski definition) is 10. The van der Waals surface area contributed by atoms with Crippen LogP contribution in [0.25, 0.3) is 0 Å². The summed E-state index contributed by atoms with van der Waals surface area (Å²) in [6.07, 6.45) is 70.9. The molecule has 0 radical (unpaired) electrons. The molecule has 78 heavy (non-hydrogen) atoms. The van der Waals surface area contributed by atoms with Crippen molar-refractivity contribution in [2.24, 2.45) is 0 Å². The van der Waals surface area contributed by atoms with Gasteiger partial charge in [0.05, 0.1) is 19.8 Å². The maximum atomic E-state index is 12.9. The number of ether oxygens (including phenoxy) is 3. The molecular formula is C66H113O11P. The third-order valence-corrected chi connectivity index (χ3v) is 14.0. The molecule has 0 aromatic rings. The number of unbranched alkanes of at least 4 members (excludes halogenated alkanes) is 24. The van der Waals surface area contributed by atoms with Gasteiger partial charge >= 0.3 is 25.7 Å². The first-order chi connectivity index (χ1) is 38.2. The fourth-order valence-corrected chi connectivity index (χ4v) is 9.08. The summed E-state index contributed by atoms with van der Waals surface area (Å²) in [5.41, 5.74) is 0. The van der Waals surface area contributed by atoms with Crippen molar-refractivity contribution in [2.75, 3.05) is 26.4 Å². The predicted octanol–water partition coefficient (Wildman–Crippen LogP) is 18.8. The maximum Gasteiger partial charge on any atom is 0.472 e. The summed E-state index contributed by atoms with van der Waals surface area (Å²) in [4.78, 5) is 48.6. The van der Waals surface area contributed by atoms with Gasteiger partial charge in [-0.2, -0.15) is 0 Å². The number of carbonyl (C=O) groups excluding carboxylic acids is 3. The largest absolute Gasteiger partial charge is 0.472 e. The zero-order valence-electron chi connectivity index (χ0n) is 49.6. The molecule has 0 aliphatic rings. The second-order valence-electron chi connectivity index (χ2n) is 20.5. The molecule has 448 valence electrons. The lowest BCUT2D eigenvalue weighted by Gasteiger charge is -2.21. The Bertz CT molecular complexity index is 1680. The molecule has 2 N–H and O–H groups in total. The molecule has 11 nitrogen and oxygen atoms in total. The Morgan fingerprint density at radius 2 is 0.692 bits per heavy atom. The Labute approximate surface area is 476 Å². The van der Waals surface area contributed by atoms with E-state index in [1.807, 2.05) is 12.2 Å². The third-order valence-electron chi connectivity index (χ3n) is 13.0. The monoisotopic (exact) mass is 1110 g/mol. The standard InChI is InChI=1S/C66H113O11P/c1-4-7-10-13-16-19-22-25-28-30-31-33-36-39-42-45-48-51-54-57-66(70)77-63(59-73-64(68)55-52-49-46-43-40-37-34-27-24-21-18-15-12-9-6-3)61-75-78(71,72)74-60-62(58-67)76-65(69)56-53-50-47-44-41-38-35-32-29-26-23-20-17-14-11-8-5-2/h7,10,16-17,19-20,25-26,28-29,31,33,39,42,48,51,62-63,67H,4-6,8-9,11-15,18,21-24,27,30,32,34-38,40-41,43-47,49-50,52-61H2,1-3H3,(H,71,72)/b10-7-,19-16-,20-17-,28-25-,29-26-,33-31-,42-39-,51-48-. The second kappa shape index (κ2) is 59.5. The molecule has 3 atom stereocenters. The van der Waals surface area contributed by atoms with E-state index in [1.54, 1.807) is 0 Å². The minimum Gasteiger partial charge on any atom is -0.462 e. The number of aliphatic hydroxyl groups is 1. The highest BCUT2D eigenvalue weighted by molar-refractivity contribution is 7.47. The number of allylic oxidation sites excluding steroid dienone is 16. The molecule has 12 heteroatoms. The van der Waals surface area contributed by atoms with Crippen LogP contribution in [0.15, 0.2) is 97.2 Å². The van der Waals surface area contributed by atoms with Gasteiger partial charge in [-0.25, -0.2) is 4.57 Å². The van der Waals surface area contributed by atoms with Gasteiger partial charge in [-0.1, -0.05) is 253 Å². The molecule has 0 saturated carbocycles. The van der Waals surface area contributed by atoms with Crippen LogP contribution in [0.3, 0.4) is 0 Å². The van der Waals surface area contributed by atoms with Crippen molar-refractivity contribution >= 4 is 25.7 Å². The van der Waals surface area contributed by atoms with Crippen LogP contribution in [0.1, 0.15) is 265 Å². The maximum absolute atomic E-state index is 12.9. The number of esters is 3. The van der Waals surface area contributed by atoms with Gasteiger partial charge < -0.3 is 24.2 Å². The minimum atomic E-state index is -4.78. The average molecular weight is 1110 g/mol. The van der Waals surface area contributed by atoms with Crippen LogP contribution in [-0.2, 0) is 42.2 Å². The number of phosphoric acid groups is 1. The van der Waals surface area contributed by atoms with Crippen molar-refractivity contribution in [3.63, 3.8) is 0 Å². The number of rotatable bonds is 57. The first-order valence-corrected chi connectivity index (χ1v) is 32.6. The molecule has 0 saturated heterocycles. The second-order valence-corrected chi connectivity index (χ2v) is 21.9. The van der Waals surface area contributed by atoms with Gasteiger partial charge in [0.15, 0.2) is 6.10 Å². The molecule has 0 amide bonds. The van der Waals surface area contributed by atoms with Crippen molar-refractivity contribution in [3.05, 3.63) is 97.2 Å². The first-order valence-electron chi connectivity index (χ1n) is 31.1. The summed E-state index contributed by atoms with van der Waals surface area (Å²) in [6, 6.07) is 0. The number of aliphatic hydroxyl groups excluding tert-OH is 1. The van der Waals surface area contributed by atoms with E-state index >= 15 is 0 Å². The SMILES string of the molecule is CC/C=C\C/C=C\C/C=C\C/C=C\C/C=C\C/C=C\CCC(=O)OC(COC(=O)CCCCCCCCCCCCCCCCC)COP(=O)(O)OCC(CO)OC(=O)CCCCCCCCC/C=C\C/C=C\CCCCC. The van der Waals surface area contributed by atoms with Crippen LogP contribution >= 0.6 is 7.82 Å². The van der Waals surface area contributed by atoms with Crippen molar-refractivity contribution in [1.29, 1.82) is 0 Å². The molecular weight excluding hydrogens is 1000 g/mol. The van der Waals surface area contributed by atoms with Crippen LogP contribution in [0, 0.1) is 0 Å². The normalized spacial score (nSPS) is 14.0. The van der Waals surface area contributed by atoms with E-state index in [4.69, 9.17) is 23.3 Å². The Kier molecular flexibility index (Phi) is 56.8. The van der Waals surface area contributed by atoms with E-state index in [2.05, 4.69) is 106 Å². The number of hydrogen-bond donors (Lipinski definition) is 2. The topological polar surface area (TPSA) is 155 Å². The molecule has 0 aromatic heterocycles. The van der Waals surface area contributed by atoms with Gasteiger partial charge in [-0.3, -0.25) is 23.4 Å². The van der Waals surface area contributed by atoms with Crippen LogP contribution in [0.5, 0.6) is 0 Å². The van der Waals surface area contributed by atoms with E-state index in [0.717, 1.165) is 89.9 Å². The van der Waals surface area contributed by atoms with E-state index in [9.17, 15) is 28.9 Å².